The maximum Gasteiger partial charge on any atom is 0.273 e. The van der Waals surface area contributed by atoms with E-state index in [1.165, 1.54) is 24.4 Å². The van der Waals surface area contributed by atoms with E-state index in [2.05, 4.69) is 15.5 Å². The molecule has 20 heavy (non-hydrogen) atoms. The molecule has 0 atom stereocenters. The van der Waals surface area contributed by atoms with Crippen LogP contribution in [-0.2, 0) is 10.0 Å². The van der Waals surface area contributed by atoms with Gasteiger partial charge in [-0.1, -0.05) is 0 Å². The van der Waals surface area contributed by atoms with Crippen LogP contribution >= 0.6 is 0 Å². The molecule has 2 rings (SSSR count). The minimum Gasteiger partial charge on any atom is -0.320 e. The number of H-pyrrole nitrogens is 1. The van der Waals surface area contributed by atoms with Crippen LogP contribution < -0.4 is 10.5 Å². The number of nitrogens with one attached hydrogen (secondary N) is 2. The summed E-state index contributed by atoms with van der Waals surface area (Å²) < 4.78 is 22.8. The van der Waals surface area contributed by atoms with Crippen molar-refractivity contribution in [3.8, 4) is 0 Å². The van der Waals surface area contributed by atoms with Gasteiger partial charge in [-0.25, -0.2) is 13.6 Å². The molecule has 1 amide bonds. The number of sulfonamides is 1. The Balaban J connectivity index is 2.41. The fourth-order valence-corrected chi connectivity index (χ4v) is 2.32. The van der Waals surface area contributed by atoms with Gasteiger partial charge in [0, 0.05) is 11.9 Å². The van der Waals surface area contributed by atoms with E-state index < -0.39 is 15.9 Å². The highest BCUT2D eigenvalue weighted by Crippen LogP contribution is 2.23. The average Bonchev–Trinajstić information content (AvgIpc) is 2.87. The summed E-state index contributed by atoms with van der Waals surface area (Å²) in [6, 6.07) is 4.32. The van der Waals surface area contributed by atoms with E-state index in [1.807, 2.05) is 0 Å². The maximum absolute atomic E-state index is 11.9. The van der Waals surface area contributed by atoms with Crippen LogP contribution in [-0.4, -0.2) is 24.5 Å². The van der Waals surface area contributed by atoms with Crippen molar-refractivity contribution in [2.24, 2.45) is 5.14 Å². The molecule has 7 nitrogen and oxygen atoms in total. The van der Waals surface area contributed by atoms with Crippen molar-refractivity contribution in [1.82, 2.24) is 10.2 Å². The molecule has 0 radical (unpaired) electrons. The summed E-state index contributed by atoms with van der Waals surface area (Å²) >= 11 is 0. The molecule has 1 heterocycles. The second kappa shape index (κ2) is 5.06. The number of carbonyl (C=O) groups excluding carboxylic acids is 1. The number of benzene rings is 1. The van der Waals surface area contributed by atoms with E-state index in [4.69, 9.17) is 5.14 Å². The second-order valence-electron chi connectivity index (χ2n) is 4.38. The highest BCUT2D eigenvalue weighted by Gasteiger charge is 2.15. The summed E-state index contributed by atoms with van der Waals surface area (Å²) in [5, 5.41) is 14.0. The molecule has 106 valence electrons. The average molecular weight is 294 g/mol. The first kappa shape index (κ1) is 14.2. The molecule has 1 aromatic carbocycles. The first-order valence-corrected chi connectivity index (χ1v) is 7.28. The van der Waals surface area contributed by atoms with Crippen molar-refractivity contribution in [3.05, 3.63) is 41.2 Å². The van der Waals surface area contributed by atoms with Crippen LogP contribution in [0, 0.1) is 13.8 Å². The van der Waals surface area contributed by atoms with E-state index >= 15 is 0 Å². The first-order valence-electron chi connectivity index (χ1n) is 5.74. The molecule has 2 aromatic rings. The predicted octanol–water partition coefficient (Wildman–Crippen LogP) is 0.926. The van der Waals surface area contributed by atoms with Gasteiger partial charge in [-0.05, 0) is 43.2 Å². The quantitative estimate of drug-likeness (QED) is 0.780. The molecule has 1 aromatic heterocycles. The topological polar surface area (TPSA) is 118 Å². The molecule has 0 fully saturated rings. The molecule has 0 aliphatic heterocycles. The number of aromatic amines is 1. The molecule has 4 N–H and O–H groups in total. The molecular weight excluding hydrogens is 280 g/mol. The van der Waals surface area contributed by atoms with E-state index in [0.29, 0.717) is 5.69 Å². The summed E-state index contributed by atoms with van der Waals surface area (Å²) in [5.41, 5.74) is 2.17. The van der Waals surface area contributed by atoms with E-state index in [1.54, 1.807) is 13.8 Å². The maximum atomic E-state index is 11.9. The number of nitrogens with two attached hydrogens (primary N) is 1. The number of hydrogen-bond acceptors (Lipinski definition) is 4. The van der Waals surface area contributed by atoms with Crippen LogP contribution in [0.4, 0.5) is 5.69 Å². The Hall–Kier alpha value is -2.19. The van der Waals surface area contributed by atoms with Gasteiger partial charge in [0.15, 0.2) is 0 Å². The van der Waals surface area contributed by atoms with Crippen molar-refractivity contribution >= 4 is 21.6 Å². The number of hydrogen-bond donors (Lipinski definition) is 3. The van der Waals surface area contributed by atoms with Gasteiger partial charge in [0.2, 0.25) is 10.0 Å². The summed E-state index contributed by atoms with van der Waals surface area (Å²) in [5.74, 6) is -0.406. The third kappa shape index (κ3) is 2.86. The molecule has 0 unspecified atom stereocenters. The Morgan fingerprint density at radius 2 is 2.05 bits per heavy atom. The largest absolute Gasteiger partial charge is 0.320 e. The lowest BCUT2D eigenvalue weighted by molar-refractivity contribution is 0.102. The van der Waals surface area contributed by atoms with Crippen molar-refractivity contribution < 1.29 is 13.2 Å². The number of nitrogens with zero attached hydrogens (tertiary/aromatic N) is 1. The van der Waals surface area contributed by atoms with Crippen LogP contribution in [0.3, 0.4) is 0 Å². The van der Waals surface area contributed by atoms with Crippen molar-refractivity contribution in [3.63, 3.8) is 0 Å². The van der Waals surface area contributed by atoms with Crippen LogP contribution in [0.25, 0.3) is 0 Å². The summed E-state index contributed by atoms with van der Waals surface area (Å²) in [4.78, 5) is 11.9. The van der Waals surface area contributed by atoms with Gasteiger partial charge < -0.3 is 5.32 Å². The number of rotatable bonds is 3. The summed E-state index contributed by atoms with van der Waals surface area (Å²) in [7, 11) is -3.83. The van der Waals surface area contributed by atoms with Gasteiger partial charge in [0.1, 0.15) is 5.69 Å². The number of carbonyl (C=O) groups is 1. The second-order valence-corrected chi connectivity index (χ2v) is 5.94. The molecule has 0 saturated heterocycles. The van der Waals surface area contributed by atoms with E-state index in [-0.39, 0.29) is 10.6 Å². The summed E-state index contributed by atoms with van der Waals surface area (Å²) in [6.45, 7) is 3.53. The highest BCUT2D eigenvalue weighted by atomic mass is 32.2. The third-order valence-corrected chi connectivity index (χ3v) is 3.86. The minimum absolute atomic E-state index is 0.0412. The van der Waals surface area contributed by atoms with Crippen molar-refractivity contribution in [2.75, 3.05) is 5.32 Å². The lowest BCUT2D eigenvalue weighted by Crippen LogP contribution is -2.16. The Morgan fingerprint density at radius 3 is 2.60 bits per heavy atom. The Morgan fingerprint density at radius 1 is 1.35 bits per heavy atom. The van der Waals surface area contributed by atoms with Crippen molar-refractivity contribution in [2.45, 2.75) is 18.7 Å². The van der Waals surface area contributed by atoms with Crippen LogP contribution in [0.1, 0.15) is 21.6 Å². The van der Waals surface area contributed by atoms with E-state index in [0.717, 1.165) is 11.1 Å². The lowest BCUT2D eigenvalue weighted by atomic mass is 10.1. The normalized spacial score (nSPS) is 11.3. The van der Waals surface area contributed by atoms with Gasteiger partial charge in [-0.3, -0.25) is 9.89 Å². The zero-order valence-corrected chi connectivity index (χ0v) is 11.8. The minimum atomic E-state index is -3.83. The zero-order valence-electron chi connectivity index (χ0n) is 11.0. The predicted molar refractivity (Wildman–Crippen MR) is 73.8 cm³/mol. The standard InChI is InChI=1S/C12H14N4O3S/c1-7-5-9(20(13,18)19)6-11(8(7)2)15-12(17)10-3-4-14-16-10/h3-6H,1-2H3,(H,14,16)(H,15,17)(H2,13,18,19). The number of primary sulfonamides is 1. The Labute approximate surface area is 116 Å². The lowest BCUT2D eigenvalue weighted by Gasteiger charge is -2.12. The van der Waals surface area contributed by atoms with E-state index in [9.17, 15) is 13.2 Å². The highest BCUT2D eigenvalue weighted by molar-refractivity contribution is 7.89. The number of anilines is 1. The molecule has 0 spiro atoms. The fourth-order valence-electron chi connectivity index (χ4n) is 1.69. The monoisotopic (exact) mass is 294 g/mol. The third-order valence-electron chi connectivity index (χ3n) is 2.96. The number of amides is 1. The van der Waals surface area contributed by atoms with Gasteiger partial charge in [-0.2, -0.15) is 5.10 Å². The van der Waals surface area contributed by atoms with Crippen molar-refractivity contribution in [1.29, 1.82) is 0 Å². The molecule has 0 saturated carbocycles. The molecule has 8 heteroatoms. The molecule has 0 aliphatic carbocycles. The number of aryl methyl sites for hydroxylation is 1. The van der Waals surface area contributed by atoms with Crippen LogP contribution in [0.15, 0.2) is 29.3 Å². The SMILES string of the molecule is Cc1cc(S(N)(=O)=O)cc(NC(=O)c2ccn[nH]2)c1C. The van der Waals surface area contributed by atoms with Gasteiger partial charge in [0.05, 0.1) is 4.90 Å². The Bertz CT molecular complexity index is 751. The molecule has 0 aliphatic rings. The van der Waals surface area contributed by atoms with Gasteiger partial charge in [0.25, 0.3) is 5.91 Å². The van der Waals surface area contributed by atoms with Gasteiger partial charge >= 0.3 is 0 Å². The Kier molecular flexibility index (Phi) is 3.60. The fraction of sp³-hybridized carbons (Fsp3) is 0.167. The first-order chi connectivity index (χ1) is 9.29. The smallest absolute Gasteiger partial charge is 0.273 e. The summed E-state index contributed by atoms with van der Waals surface area (Å²) in [6.07, 6.45) is 1.45. The van der Waals surface area contributed by atoms with Crippen LogP contribution in [0.5, 0.6) is 0 Å². The molecule has 0 bridgehead atoms. The molecular formula is C12H14N4O3S. The number of aromatic nitrogens is 2. The van der Waals surface area contributed by atoms with Gasteiger partial charge in [-0.15, -0.1) is 0 Å². The zero-order chi connectivity index (χ0) is 14.9. The van der Waals surface area contributed by atoms with Crippen LogP contribution in [0.2, 0.25) is 0 Å².